The molecule has 0 saturated carbocycles. The van der Waals surface area contributed by atoms with Gasteiger partial charge in [-0.25, -0.2) is 0 Å². The highest BCUT2D eigenvalue weighted by Crippen LogP contribution is 2.41. The Kier molecular flexibility index (Phi) is 4.94. The number of nitro groups is 2. The van der Waals surface area contributed by atoms with Crippen LogP contribution in [-0.2, 0) is 0 Å². The molecule has 0 radical (unpaired) electrons. The van der Waals surface area contributed by atoms with E-state index in [1.807, 2.05) is 0 Å². The molecule has 0 rings (SSSR count). The first kappa shape index (κ1) is 16.1. The van der Waals surface area contributed by atoms with Gasteiger partial charge in [-0.05, 0) is 27.7 Å². The molecule has 0 aliphatic rings. The maximum Gasteiger partial charge on any atom is 0.224 e. The average molecular weight is 264 g/mol. The molecule has 2 atom stereocenters. The third kappa shape index (κ3) is 4.14. The number of thioether (sulfide) groups is 1. The van der Waals surface area contributed by atoms with E-state index in [1.165, 1.54) is 25.6 Å². The topological polar surface area (TPSA) is 86.3 Å². The van der Waals surface area contributed by atoms with E-state index in [4.69, 9.17) is 0 Å². The molecule has 0 heterocycles. The van der Waals surface area contributed by atoms with Crippen molar-refractivity contribution >= 4 is 11.8 Å². The SMILES string of the molecule is CC([N+](=O)[O-])C(C)(C)SC(C)(C)C(C)[N+](=O)[O-]. The van der Waals surface area contributed by atoms with Crippen molar-refractivity contribution in [2.24, 2.45) is 0 Å². The van der Waals surface area contributed by atoms with Crippen molar-refractivity contribution in [2.75, 3.05) is 0 Å². The van der Waals surface area contributed by atoms with Gasteiger partial charge in [0, 0.05) is 23.7 Å². The Bertz CT molecular complexity index is 287. The van der Waals surface area contributed by atoms with Crippen LogP contribution in [0.15, 0.2) is 0 Å². The Morgan fingerprint density at radius 1 is 0.882 bits per heavy atom. The van der Waals surface area contributed by atoms with Crippen LogP contribution in [0.2, 0.25) is 0 Å². The smallest absolute Gasteiger partial charge is 0.224 e. The van der Waals surface area contributed by atoms with E-state index < -0.39 is 21.6 Å². The molecule has 7 heteroatoms. The quantitative estimate of drug-likeness (QED) is 0.543. The number of nitrogens with zero attached hydrogens (tertiary/aromatic N) is 2. The van der Waals surface area contributed by atoms with Crippen molar-refractivity contribution in [3.05, 3.63) is 20.2 Å². The molecule has 17 heavy (non-hydrogen) atoms. The molecule has 2 unspecified atom stereocenters. The van der Waals surface area contributed by atoms with Gasteiger partial charge in [0.2, 0.25) is 12.1 Å². The van der Waals surface area contributed by atoms with E-state index >= 15 is 0 Å². The van der Waals surface area contributed by atoms with E-state index in [-0.39, 0.29) is 9.85 Å². The van der Waals surface area contributed by atoms with Crippen LogP contribution < -0.4 is 0 Å². The molecule has 0 amide bonds. The second-order valence-electron chi connectivity index (χ2n) is 5.23. The summed E-state index contributed by atoms with van der Waals surface area (Å²) in [5, 5.41) is 21.6. The van der Waals surface area contributed by atoms with Gasteiger partial charge in [-0.1, -0.05) is 0 Å². The number of hydrogen-bond acceptors (Lipinski definition) is 5. The first-order valence-electron chi connectivity index (χ1n) is 5.39. The molecule has 0 aromatic heterocycles. The van der Waals surface area contributed by atoms with Crippen LogP contribution in [0.5, 0.6) is 0 Å². The second kappa shape index (κ2) is 5.20. The van der Waals surface area contributed by atoms with Crippen LogP contribution in [0.3, 0.4) is 0 Å². The summed E-state index contributed by atoms with van der Waals surface area (Å²) in [6.45, 7) is 10.1. The fraction of sp³-hybridized carbons (Fsp3) is 1.00. The largest absolute Gasteiger partial charge is 0.264 e. The summed E-state index contributed by atoms with van der Waals surface area (Å²) in [5.74, 6) is 0. The van der Waals surface area contributed by atoms with Crippen molar-refractivity contribution in [2.45, 2.75) is 63.1 Å². The lowest BCUT2D eigenvalue weighted by atomic mass is 10.1. The minimum atomic E-state index is -0.759. The van der Waals surface area contributed by atoms with Crippen LogP contribution in [-0.4, -0.2) is 31.4 Å². The maximum atomic E-state index is 10.8. The minimum Gasteiger partial charge on any atom is -0.264 e. The third-order valence-electron chi connectivity index (χ3n) is 3.17. The Balaban J connectivity index is 4.93. The van der Waals surface area contributed by atoms with E-state index in [2.05, 4.69) is 0 Å². The van der Waals surface area contributed by atoms with E-state index in [1.54, 1.807) is 27.7 Å². The molecule has 0 bridgehead atoms. The average Bonchev–Trinajstić information content (AvgIpc) is 2.13. The van der Waals surface area contributed by atoms with Gasteiger partial charge in [0.25, 0.3) is 0 Å². The van der Waals surface area contributed by atoms with E-state index in [0.717, 1.165) is 0 Å². The van der Waals surface area contributed by atoms with Gasteiger partial charge < -0.3 is 0 Å². The summed E-state index contributed by atoms with van der Waals surface area (Å²) in [5.41, 5.74) is 0. The zero-order valence-electron chi connectivity index (χ0n) is 11.1. The highest BCUT2D eigenvalue weighted by atomic mass is 32.2. The predicted molar refractivity (Wildman–Crippen MR) is 68.7 cm³/mol. The molecule has 0 aromatic rings. The summed E-state index contributed by atoms with van der Waals surface area (Å²) < 4.78 is -1.31. The van der Waals surface area contributed by atoms with Gasteiger partial charge in [-0.3, -0.25) is 20.2 Å². The Morgan fingerprint density at radius 2 is 1.12 bits per heavy atom. The van der Waals surface area contributed by atoms with Gasteiger partial charge in [0.05, 0.1) is 9.49 Å². The van der Waals surface area contributed by atoms with Gasteiger partial charge in [0.15, 0.2) is 0 Å². The summed E-state index contributed by atoms with van der Waals surface area (Å²) in [7, 11) is 0. The lowest BCUT2D eigenvalue weighted by molar-refractivity contribution is -0.524. The molecule has 0 N–H and O–H groups in total. The Hall–Kier alpha value is -0.850. The van der Waals surface area contributed by atoms with Crippen molar-refractivity contribution in [1.82, 2.24) is 0 Å². The van der Waals surface area contributed by atoms with Gasteiger partial charge in [0.1, 0.15) is 0 Å². The zero-order chi connectivity index (χ0) is 14.0. The summed E-state index contributed by atoms with van der Waals surface area (Å²) in [6, 6.07) is -1.52. The summed E-state index contributed by atoms with van der Waals surface area (Å²) in [6.07, 6.45) is 0. The number of hydrogen-bond donors (Lipinski definition) is 0. The van der Waals surface area contributed by atoms with Gasteiger partial charge in [-0.15, -0.1) is 11.8 Å². The first-order chi connectivity index (χ1) is 7.42. The molecule has 0 aliphatic carbocycles. The van der Waals surface area contributed by atoms with Crippen LogP contribution in [0.1, 0.15) is 41.5 Å². The fourth-order valence-corrected chi connectivity index (χ4v) is 3.23. The van der Waals surface area contributed by atoms with Crippen molar-refractivity contribution in [3.63, 3.8) is 0 Å². The highest BCUT2D eigenvalue weighted by Gasteiger charge is 2.45. The normalized spacial score (nSPS) is 16.4. The molecule has 0 aromatic carbocycles. The third-order valence-corrected chi connectivity index (χ3v) is 4.91. The lowest BCUT2D eigenvalue weighted by Crippen LogP contribution is -2.45. The van der Waals surface area contributed by atoms with Crippen LogP contribution in [0.4, 0.5) is 0 Å². The zero-order valence-corrected chi connectivity index (χ0v) is 11.9. The molecule has 0 fully saturated rings. The fourth-order valence-electron chi connectivity index (χ4n) is 1.36. The van der Waals surface area contributed by atoms with Crippen molar-refractivity contribution in [3.8, 4) is 0 Å². The van der Waals surface area contributed by atoms with Gasteiger partial charge >= 0.3 is 0 Å². The molecule has 6 nitrogen and oxygen atoms in total. The van der Waals surface area contributed by atoms with Crippen molar-refractivity contribution < 1.29 is 9.85 Å². The van der Waals surface area contributed by atoms with Crippen LogP contribution in [0.25, 0.3) is 0 Å². The maximum absolute atomic E-state index is 10.8. The molecule has 100 valence electrons. The summed E-state index contributed by atoms with van der Waals surface area (Å²) in [4.78, 5) is 20.9. The number of rotatable bonds is 6. The van der Waals surface area contributed by atoms with Crippen LogP contribution in [0, 0.1) is 20.2 Å². The first-order valence-corrected chi connectivity index (χ1v) is 6.20. The predicted octanol–water partition coefficient (Wildman–Crippen LogP) is 2.61. The minimum absolute atomic E-state index is 0.347. The lowest BCUT2D eigenvalue weighted by Gasteiger charge is -2.34. The van der Waals surface area contributed by atoms with E-state index in [9.17, 15) is 20.2 Å². The second-order valence-corrected chi connectivity index (χ2v) is 7.54. The molecular weight excluding hydrogens is 244 g/mol. The Morgan fingerprint density at radius 3 is 1.29 bits per heavy atom. The molecular formula is C10H20N2O4S. The standard InChI is InChI=1S/C10H20N2O4S/c1-7(11(13)14)9(3,4)17-10(5,6)8(2)12(15)16/h7-8H,1-6H3. The molecule has 0 aliphatic heterocycles. The highest BCUT2D eigenvalue weighted by molar-refractivity contribution is 8.02. The van der Waals surface area contributed by atoms with Gasteiger partial charge in [-0.2, -0.15) is 0 Å². The summed E-state index contributed by atoms with van der Waals surface area (Å²) >= 11 is 1.29. The molecule has 0 saturated heterocycles. The Labute approximate surface area is 105 Å². The monoisotopic (exact) mass is 264 g/mol. The van der Waals surface area contributed by atoms with E-state index in [0.29, 0.717) is 0 Å². The van der Waals surface area contributed by atoms with Crippen LogP contribution >= 0.6 is 11.8 Å². The van der Waals surface area contributed by atoms with Crippen molar-refractivity contribution in [1.29, 1.82) is 0 Å². The molecule has 0 spiro atoms.